The molecule has 0 aromatic heterocycles. The van der Waals surface area contributed by atoms with E-state index in [-0.39, 0.29) is 4.90 Å². The van der Waals surface area contributed by atoms with E-state index < -0.39 is 64.7 Å². The van der Waals surface area contributed by atoms with Crippen LogP contribution in [0, 0.1) is 0 Å². The highest BCUT2D eigenvalue weighted by Gasteiger charge is 2.44. The van der Waals surface area contributed by atoms with E-state index in [1.54, 1.807) is 6.07 Å². The first kappa shape index (κ1) is 22.8. The number of aliphatic carboxylic acids is 1. The smallest absolute Gasteiger partial charge is 0.370 e. The zero-order valence-corrected chi connectivity index (χ0v) is 16.1. The molecule has 160 valence electrons. The lowest BCUT2D eigenvalue weighted by molar-refractivity contribution is -0.146. The summed E-state index contributed by atoms with van der Waals surface area (Å²) in [6.45, 7) is 0.255. The van der Waals surface area contributed by atoms with Crippen LogP contribution in [0.4, 0.5) is 0 Å². The van der Waals surface area contributed by atoms with Crippen LogP contribution in [0.2, 0.25) is 0 Å². The number of aliphatic hydroxyl groups is 3. The lowest BCUT2D eigenvalue weighted by atomic mass is 9.92. The van der Waals surface area contributed by atoms with Crippen molar-refractivity contribution in [3.8, 4) is 0 Å². The summed E-state index contributed by atoms with van der Waals surface area (Å²) in [5, 5.41) is 40.8. The van der Waals surface area contributed by atoms with Gasteiger partial charge in [-0.15, -0.1) is 0 Å². The van der Waals surface area contributed by atoms with Crippen molar-refractivity contribution >= 4 is 21.9 Å². The van der Waals surface area contributed by atoms with Crippen LogP contribution in [0.15, 0.2) is 47.1 Å². The summed E-state index contributed by atoms with van der Waals surface area (Å²) in [5.74, 6) is -2.86. The Morgan fingerprint density at radius 1 is 1.21 bits per heavy atom. The van der Waals surface area contributed by atoms with E-state index in [1.165, 1.54) is 24.3 Å². The van der Waals surface area contributed by atoms with Gasteiger partial charge >= 0.3 is 5.97 Å². The third-order valence-electron chi connectivity index (χ3n) is 4.18. The van der Waals surface area contributed by atoms with Crippen molar-refractivity contribution in [3.63, 3.8) is 0 Å². The van der Waals surface area contributed by atoms with Gasteiger partial charge in [0.1, 0.15) is 18.3 Å². The number of hydrogen-bond acceptors (Lipinski definition) is 8. The van der Waals surface area contributed by atoms with Crippen LogP contribution in [0.3, 0.4) is 0 Å². The second kappa shape index (κ2) is 9.33. The molecule has 0 radical (unpaired) electrons. The molecule has 0 bridgehead atoms. The van der Waals surface area contributed by atoms with Gasteiger partial charge in [-0.2, -0.15) is 0 Å². The van der Waals surface area contributed by atoms with Crippen molar-refractivity contribution in [2.45, 2.75) is 42.2 Å². The molecule has 0 fully saturated rings. The van der Waals surface area contributed by atoms with Crippen LogP contribution in [0.1, 0.15) is 6.92 Å². The first-order valence-corrected chi connectivity index (χ1v) is 9.98. The lowest BCUT2D eigenvalue weighted by Gasteiger charge is -2.39. The van der Waals surface area contributed by atoms with Crippen molar-refractivity contribution in [2.75, 3.05) is 6.61 Å². The minimum absolute atomic E-state index is 0.106. The number of carbonyl (C=O) groups is 2. The quantitative estimate of drug-likeness (QED) is 0.269. The molecule has 1 aliphatic rings. The molecule has 29 heavy (non-hydrogen) atoms. The number of sulfonamides is 1. The van der Waals surface area contributed by atoms with Crippen LogP contribution < -0.4 is 10.0 Å². The Balaban J connectivity index is 2.47. The molecule has 0 aliphatic carbocycles. The standard InChI is InChI=1S/C17H22N2O9S/c1-9(21)18-14-11(19-29(26,27)10-5-3-2-4-6-10)7-13(17(24)25)28-16(14)15(23)12(22)8-20/h2-7,11-12,14-16,19-20,22-23H,8H2,1H3,(H,18,21)(H,24,25)/t11-,12+,14+,15+,16+/m0/s1. The summed E-state index contributed by atoms with van der Waals surface area (Å²) in [6, 6.07) is 4.61. The maximum atomic E-state index is 12.7. The van der Waals surface area contributed by atoms with Gasteiger partial charge < -0.3 is 30.5 Å². The fraction of sp³-hybridized carbons (Fsp3) is 0.412. The molecular formula is C17H22N2O9S. The number of ether oxygens (including phenoxy) is 1. The first-order valence-electron chi connectivity index (χ1n) is 8.50. The van der Waals surface area contributed by atoms with Crippen molar-refractivity contribution in [1.29, 1.82) is 0 Å². The topological polar surface area (TPSA) is 182 Å². The van der Waals surface area contributed by atoms with E-state index in [9.17, 15) is 33.3 Å². The summed E-state index contributed by atoms with van der Waals surface area (Å²) in [4.78, 5) is 23.0. The summed E-state index contributed by atoms with van der Waals surface area (Å²) in [6.07, 6.45) is -4.18. The third-order valence-corrected chi connectivity index (χ3v) is 5.65. The predicted molar refractivity (Wildman–Crippen MR) is 97.8 cm³/mol. The molecule has 0 unspecified atom stereocenters. The molecule has 1 heterocycles. The molecule has 1 amide bonds. The van der Waals surface area contributed by atoms with Gasteiger partial charge in [-0.25, -0.2) is 17.9 Å². The Kier molecular flexibility index (Phi) is 7.32. The van der Waals surface area contributed by atoms with Gasteiger partial charge in [-0.05, 0) is 18.2 Å². The molecule has 1 aromatic rings. The fourth-order valence-electron chi connectivity index (χ4n) is 2.82. The Morgan fingerprint density at radius 2 is 1.83 bits per heavy atom. The third kappa shape index (κ3) is 5.52. The normalized spacial score (nSPS) is 24.0. The van der Waals surface area contributed by atoms with Crippen molar-refractivity contribution < 1.29 is 43.2 Å². The Bertz CT molecular complexity index is 872. The number of aliphatic hydroxyl groups excluding tert-OH is 3. The zero-order valence-electron chi connectivity index (χ0n) is 15.3. The molecule has 11 nitrogen and oxygen atoms in total. The fourth-order valence-corrected chi connectivity index (χ4v) is 4.05. The number of benzene rings is 1. The second-order valence-corrected chi connectivity index (χ2v) is 8.06. The Morgan fingerprint density at radius 3 is 2.34 bits per heavy atom. The minimum Gasteiger partial charge on any atom is -0.478 e. The Labute approximate surface area is 166 Å². The zero-order chi connectivity index (χ0) is 21.8. The minimum atomic E-state index is -4.14. The van der Waals surface area contributed by atoms with Crippen LogP contribution in [-0.4, -0.2) is 77.7 Å². The van der Waals surface area contributed by atoms with Crippen LogP contribution in [0.25, 0.3) is 0 Å². The molecular weight excluding hydrogens is 408 g/mol. The predicted octanol–water partition coefficient (Wildman–Crippen LogP) is -2.08. The number of amides is 1. The summed E-state index contributed by atoms with van der Waals surface area (Å²) >= 11 is 0. The maximum Gasteiger partial charge on any atom is 0.370 e. The van der Waals surface area contributed by atoms with E-state index in [0.717, 1.165) is 13.0 Å². The summed E-state index contributed by atoms with van der Waals surface area (Å²) < 4.78 is 32.8. The highest BCUT2D eigenvalue weighted by Crippen LogP contribution is 2.24. The molecule has 1 aromatic carbocycles. The molecule has 12 heteroatoms. The van der Waals surface area contributed by atoms with E-state index in [4.69, 9.17) is 9.84 Å². The molecule has 5 atom stereocenters. The molecule has 1 aliphatic heterocycles. The van der Waals surface area contributed by atoms with Gasteiger partial charge in [0.2, 0.25) is 21.7 Å². The number of carbonyl (C=O) groups excluding carboxylic acids is 1. The molecule has 0 saturated heterocycles. The van der Waals surface area contributed by atoms with E-state index >= 15 is 0 Å². The number of rotatable bonds is 8. The van der Waals surface area contributed by atoms with Crippen LogP contribution in [-0.2, 0) is 24.3 Å². The number of carboxylic acid groups (broad SMARTS) is 1. The molecule has 6 N–H and O–H groups in total. The number of carboxylic acids is 1. The monoisotopic (exact) mass is 430 g/mol. The van der Waals surface area contributed by atoms with Crippen LogP contribution in [0.5, 0.6) is 0 Å². The average molecular weight is 430 g/mol. The lowest BCUT2D eigenvalue weighted by Crippen LogP contribution is -2.63. The van der Waals surface area contributed by atoms with Gasteiger partial charge in [0.25, 0.3) is 0 Å². The Hall–Kier alpha value is -2.51. The van der Waals surface area contributed by atoms with Gasteiger partial charge in [-0.3, -0.25) is 4.79 Å². The van der Waals surface area contributed by atoms with Crippen LogP contribution >= 0.6 is 0 Å². The summed E-state index contributed by atoms with van der Waals surface area (Å²) in [5.41, 5.74) is 0. The molecule has 0 spiro atoms. The highest BCUT2D eigenvalue weighted by molar-refractivity contribution is 7.89. The molecule has 0 saturated carbocycles. The largest absolute Gasteiger partial charge is 0.478 e. The average Bonchev–Trinajstić information content (AvgIpc) is 2.67. The SMILES string of the molecule is CC(=O)N[C@H]1[C@H]([C@H](O)[C@H](O)CO)OC(C(=O)O)=C[C@@H]1NS(=O)(=O)c1ccccc1. The second-order valence-electron chi connectivity index (χ2n) is 6.35. The maximum absolute atomic E-state index is 12.7. The van der Waals surface area contributed by atoms with Crippen molar-refractivity contribution in [2.24, 2.45) is 0 Å². The molecule has 2 rings (SSSR count). The van der Waals surface area contributed by atoms with Crippen molar-refractivity contribution in [1.82, 2.24) is 10.0 Å². The van der Waals surface area contributed by atoms with Gasteiger partial charge in [0.05, 0.1) is 23.6 Å². The van der Waals surface area contributed by atoms with E-state index in [2.05, 4.69) is 10.0 Å². The van der Waals surface area contributed by atoms with Gasteiger partial charge in [0.15, 0.2) is 0 Å². The number of hydrogen-bond donors (Lipinski definition) is 6. The van der Waals surface area contributed by atoms with E-state index in [0.29, 0.717) is 0 Å². The number of nitrogens with one attached hydrogen (secondary N) is 2. The highest BCUT2D eigenvalue weighted by atomic mass is 32.2. The first-order chi connectivity index (χ1) is 13.6. The van der Waals surface area contributed by atoms with Crippen molar-refractivity contribution in [3.05, 3.63) is 42.2 Å². The summed E-state index contributed by atoms with van der Waals surface area (Å²) in [7, 11) is -4.14. The van der Waals surface area contributed by atoms with Gasteiger partial charge in [-0.1, -0.05) is 18.2 Å². The van der Waals surface area contributed by atoms with Gasteiger partial charge in [0, 0.05) is 6.92 Å². The van der Waals surface area contributed by atoms with E-state index in [1.807, 2.05) is 0 Å².